The van der Waals surface area contributed by atoms with Crippen LogP contribution in [0.25, 0.3) is 0 Å². The summed E-state index contributed by atoms with van der Waals surface area (Å²) in [5, 5.41) is 28.9. The van der Waals surface area contributed by atoms with Crippen molar-refractivity contribution in [3.8, 4) is 0 Å². The molecule has 7 heteroatoms. The van der Waals surface area contributed by atoms with Gasteiger partial charge in [-0.25, -0.2) is 0 Å². The number of carboxylic acids is 3. The summed E-state index contributed by atoms with van der Waals surface area (Å²) in [6.45, 7) is 5.16. The molecule has 0 aromatic carbocycles. The summed E-state index contributed by atoms with van der Waals surface area (Å²) in [5.41, 5.74) is 0. The van der Waals surface area contributed by atoms with Gasteiger partial charge in [-0.05, 0) is 56.8 Å². The van der Waals surface area contributed by atoms with Crippen molar-refractivity contribution in [3.63, 3.8) is 0 Å². The van der Waals surface area contributed by atoms with E-state index >= 15 is 0 Å². The van der Waals surface area contributed by atoms with Gasteiger partial charge in [0.05, 0.1) is 12.5 Å². The lowest BCUT2D eigenvalue weighted by Gasteiger charge is -2.27. The van der Waals surface area contributed by atoms with Crippen LogP contribution in [0.2, 0.25) is 0 Å². The molecule has 0 spiro atoms. The summed E-state index contributed by atoms with van der Waals surface area (Å²) in [6, 6.07) is 0. The van der Waals surface area contributed by atoms with Gasteiger partial charge in [0.25, 0.3) is 0 Å². The second-order valence-corrected chi connectivity index (χ2v) is 17.9. The topological polar surface area (TPSA) is 121 Å². The molecule has 0 aliphatic heterocycles. The van der Waals surface area contributed by atoms with Gasteiger partial charge in [0, 0.05) is 19.4 Å². The van der Waals surface area contributed by atoms with Crippen molar-refractivity contribution < 1.29 is 34.4 Å². The van der Waals surface area contributed by atoms with Crippen LogP contribution in [-0.2, 0) is 19.1 Å². The predicted octanol–water partition coefficient (Wildman–Crippen LogP) is 15.9. The third kappa shape index (κ3) is 40.9. The highest BCUT2D eigenvalue weighted by atomic mass is 16.5. The van der Waals surface area contributed by atoms with Crippen molar-refractivity contribution >= 4 is 17.9 Å². The SMILES string of the molecule is CCCCCCCC/C=C\CCCC(CCCCCCCCCCCCCC(=O)O)CC(CC(=O)O)C(COCCCCCCCCCCCCCCCC)C(=O)O. The molecule has 3 N–H and O–H groups in total. The van der Waals surface area contributed by atoms with E-state index in [2.05, 4.69) is 26.0 Å². The van der Waals surface area contributed by atoms with Crippen molar-refractivity contribution in [1.29, 1.82) is 0 Å². The first kappa shape index (κ1) is 56.1. The number of ether oxygens (including phenoxy) is 1. The summed E-state index contributed by atoms with van der Waals surface area (Å²) < 4.78 is 5.96. The van der Waals surface area contributed by atoms with Gasteiger partial charge in [0.1, 0.15) is 0 Å². The lowest BCUT2D eigenvalue weighted by molar-refractivity contribution is -0.148. The number of carboxylic acid groups (broad SMARTS) is 3. The van der Waals surface area contributed by atoms with Crippen LogP contribution in [0, 0.1) is 17.8 Å². The minimum Gasteiger partial charge on any atom is -0.481 e. The molecule has 0 aliphatic carbocycles. The quantitative estimate of drug-likeness (QED) is 0.0413. The molecule has 7 nitrogen and oxygen atoms in total. The van der Waals surface area contributed by atoms with Crippen LogP contribution in [0.15, 0.2) is 12.2 Å². The molecule has 3 atom stereocenters. The Morgan fingerprint density at radius 3 is 1.31 bits per heavy atom. The van der Waals surface area contributed by atoms with E-state index in [0.717, 1.165) is 77.0 Å². The molecule has 0 fully saturated rings. The number of hydrogen-bond acceptors (Lipinski definition) is 4. The van der Waals surface area contributed by atoms with Crippen LogP contribution in [0.1, 0.15) is 264 Å². The van der Waals surface area contributed by atoms with Gasteiger partial charge < -0.3 is 20.1 Å². The molecule has 3 unspecified atom stereocenters. The molecule has 0 aromatic rings. The van der Waals surface area contributed by atoms with Gasteiger partial charge in [-0.15, -0.1) is 0 Å². The zero-order chi connectivity index (χ0) is 42.6. The molecule has 0 rings (SSSR count). The number of rotatable bonds is 48. The van der Waals surface area contributed by atoms with Crippen LogP contribution in [0.5, 0.6) is 0 Å². The van der Waals surface area contributed by atoms with Crippen LogP contribution in [-0.4, -0.2) is 46.4 Å². The molecule has 342 valence electrons. The first-order valence-corrected chi connectivity index (χ1v) is 25.2. The van der Waals surface area contributed by atoms with Gasteiger partial charge in [0.2, 0.25) is 0 Å². The third-order valence-corrected chi connectivity index (χ3v) is 12.3. The van der Waals surface area contributed by atoms with Gasteiger partial charge in [0.15, 0.2) is 0 Å². The first-order valence-electron chi connectivity index (χ1n) is 25.2. The molecule has 0 heterocycles. The van der Waals surface area contributed by atoms with Crippen molar-refractivity contribution in [2.24, 2.45) is 17.8 Å². The lowest BCUT2D eigenvalue weighted by atomic mass is 9.79. The Bertz CT molecular complexity index is 934. The Morgan fingerprint density at radius 1 is 0.466 bits per heavy atom. The largest absolute Gasteiger partial charge is 0.481 e. The number of hydrogen-bond donors (Lipinski definition) is 3. The molecular weight excluding hydrogens is 725 g/mol. The van der Waals surface area contributed by atoms with Crippen molar-refractivity contribution in [1.82, 2.24) is 0 Å². The van der Waals surface area contributed by atoms with E-state index in [1.807, 2.05) is 0 Å². The summed E-state index contributed by atoms with van der Waals surface area (Å²) in [6.07, 6.45) is 49.2. The second kappa shape index (κ2) is 44.7. The maximum Gasteiger partial charge on any atom is 0.309 e. The normalized spacial score (nSPS) is 13.3. The zero-order valence-corrected chi connectivity index (χ0v) is 38.4. The molecule has 0 saturated carbocycles. The third-order valence-electron chi connectivity index (χ3n) is 12.3. The molecule has 0 amide bonds. The Morgan fingerprint density at radius 2 is 0.862 bits per heavy atom. The summed E-state index contributed by atoms with van der Waals surface area (Å²) in [4.78, 5) is 35.2. The fraction of sp³-hybridized carbons (Fsp3) is 0.902. The minimum absolute atomic E-state index is 0.0992. The van der Waals surface area contributed by atoms with Gasteiger partial charge in [-0.2, -0.15) is 0 Å². The number of unbranched alkanes of at least 4 members (excludes halogenated alkanes) is 30. The minimum atomic E-state index is -0.927. The van der Waals surface area contributed by atoms with Crippen molar-refractivity contribution in [2.75, 3.05) is 13.2 Å². The van der Waals surface area contributed by atoms with Crippen LogP contribution >= 0.6 is 0 Å². The van der Waals surface area contributed by atoms with E-state index in [1.165, 1.54) is 154 Å². The van der Waals surface area contributed by atoms with Gasteiger partial charge in [-0.1, -0.05) is 219 Å². The van der Waals surface area contributed by atoms with Crippen LogP contribution in [0.3, 0.4) is 0 Å². The van der Waals surface area contributed by atoms with Crippen LogP contribution < -0.4 is 0 Å². The van der Waals surface area contributed by atoms with E-state index in [4.69, 9.17) is 9.84 Å². The highest BCUT2D eigenvalue weighted by molar-refractivity contribution is 5.73. The molecule has 0 saturated heterocycles. The second-order valence-electron chi connectivity index (χ2n) is 17.9. The highest BCUT2D eigenvalue weighted by Crippen LogP contribution is 2.31. The first-order chi connectivity index (χ1) is 28.3. The molecular formula is C51H96O7. The average molecular weight is 821 g/mol. The zero-order valence-electron chi connectivity index (χ0n) is 38.4. The highest BCUT2D eigenvalue weighted by Gasteiger charge is 2.32. The van der Waals surface area contributed by atoms with E-state index in [1.54, 1.807) is 0 Å². The Kier molecular flexibility index (Phi) is 43.2. The Balaban J connectivity index is 4.76. The Labute approximate surface area is 358 Å². The lowest BCUT2D eigenvalue weighted by Crippen LogP contribution is -2.31. The van der Waals surface area contributed by atoms with Crippen molar-refractivity contribution in [3.05, 3.63) is 12.2 Å². The maximum absolute atomic E-state index is 12.5. The van der Waals surface area contributed by atoms with Crippen LogP contribution in [0.4, 0.5) is 0 Å². The Hall–Kier alpha value is -1.89. The number of aliphatic carboxylic acids is 3. The number of carbonyl (C=O) groups is 3. The summed E-state index contributed by atoms with van der Waals surface area (Å²) in [5.74, 6) is -3.44. The van der Waals surface area contributed by atoms with E-state index in [0.29, 0.717) is 18.9 Å². The van der Waals surface area contributed by atoms with E-state index < -0.39 is 29.7 Å². The van der Waals surface area contributed by atoms with E-state index in [9.17, 15) is 24.6 Å². The molecule has 0 bridgehead atoms. The molecule has 0 aromatic heterocycles. The standard InChI is InChI=1S/C51H96O7/c1-3-5-7-9-11-13-15-16-17-22-26-30-34-38-42-58-45-48(51(56)57)47(44-50(54)55)43-46(39-35-31-27-23-19-14-12-10-8-6-4-2)40-36-32-28-24-20-18-21-25-29-33-37-41-49(52)53/h23,27,46-48H,3-22,24-26,28-45H2,1-2H3,(H,52,53)(H,54,55)(H,56,57)/b27-23-. The van der Waals surface area contributed by atoms with Crippen molar-refractivity contribution in [2.45, 2.75) is 264 Å². The number of allylic oxidation sites excluding steroid dienone is 2. The summed E-state index contributed by atoms with van der Waals surface area (Å²) in [7, 11) is 0. The monoisotopic (exact) mass is 821 g/mol. The summed E-state index contributed by atoms with van der Waals surface area (Å²) >= 11 is 0. The fourth-order valence-electron chi connectivity index (χ4n) is 8.54. The maximum atomic E-state index is 12.5. The predicted molar refractivity (Wildman–Crippen MR) is 245 cm³/mol. The molecule has 0 aliphatic rings. The molecule has 58 heavy (non-hydrogen) atoms. The van der Waals surface area contributed by atoms with E-state index in [-0.39, 0.29) is 19.4 Å². The van der Waals surface area contributed by atoms with Gasteiger partial charge >= 0.3 is 17.9 Å². The average Bonchev–Trinajstić information content (AvgIpc) is 3.19. The fourth-order valence-corrected chi connectivity index (χ4v) is 8.54. The smallest absolute Gasteiger partial charge is 0.309 e. The molecule has 0 radical (unpaired) electrons. The van der Waals surface area contributed by atoms with Gasteiger partial charge in [-0.3, -0.25) is 14.4 Å².